The highest BCUT2D eigenvalue weighted by Gasteiger charge is 2.31. The van der Waals surface area contributed by atoms with Crippen molar-refractivity contribution in [2.45, 2.75) is 38.0 Å². The summed E-state index contributed by atoms with van der Waals surface area (Å²) in [5.41, 5.74) is 1.84. The number of carbonyl (C=O) groups excluding carboxylic acids is 1. The monoisotopic (exact) mass is 368 g/mol. The Kier molecular flexibility index (Phi) is 5.06. The smallest absolute Gasteiger partial charge is 0.408 e. The molecule has 6 nitrogen and oxygen atoms in total. The lowest BCUT2D eigenvalue weighted by atomic mass is 9.94. The predicted octanol–water partition coefficient (Wildman–Crippen LogP) is 3.65. The molecule has 0 fully saturated rings. The number of benzene rings is 1. The third kappa shape index (κ3) is 4.47. The quantitative estimate of drug-likeness (QED) is 0.866. The first kappa shape index (κ1) is 18.1. The third-order valence-electron chi connectivity index (χ3n) is 4.13. The van der Waals surface area contributed by atoms with Gasteiger partial charge < -0.3 is 15.4 Å². The van der Waals surface area contributed by atoms with E-state index in [4.69, 9.17) is 4.74 Å². The lowest BCUT2D eigenvalue weighted by Gasteiger charge is -2.22. The summed E-state index contributed by atoms with van der Waals surface area (Å²) in [6.07, 6.45) is -0.850. The standard InChI is InChI=1S/C17H19F3N4O2/c1-26-13-7-5-12(6-8-13)21-16(25)22-14-4-2-3-11-9-24(23-15(11)14)10-17(18,19)20/h5-9,14H,2-4,10H2,1H3,(H2,21,22,25). The maximum absolute atomic E-state index is 12.6. The number of anilines is 1. The lowest BCUT2D eigenvalue weighted by Crippen LogP contribution is -2.34. The van der Waals surface area contributed by atoms with Gasteiger partial charge in [-0.05, 0) is 49.1 Å². The van der Waals surface area contributed by atoms with Gasteiger partial charge >= 0.3 is 12.2 Å². The van der Waals surface area contributed by atoms with E-state index in [1.807, 2.05) is 0 Å². The van der Waals surface area contributed by atoms with E-state index in [9.17, 15) is 18.0 Å². The van der Waals surface area contributed by atoms with Crippen LogP contribution in [0, 0.1) is 0 Å². The number of fused-ring (bicyclic) bond motifs is 1. The van der Waals surface area contributed by atoms with Gasteiger partial charge in [-0.2, -0.15) is 18.3 Å². The van der Waals surface area contributed by atoms with Crippen LogP contribution in [0.1, 0.15) is 30.1 Å². The van der Waals surface area contributed by atoms with E-state index >= 15 is 0 Å². The topological polar surface area (TPSA) is 68.2 Å². The number of nitrogens with zero attached hydrogens (tertiary/aromatic N) is 2. The minimum Gasteiger partial charge on any atom is -0.497 e. The summed E-state index contributed by atoms with van der Waals surface area (Å²) < 4.78 is 43.6. The largest absolute Gasteiger partial charge is 0.497 e. The summed E-state index contributed by atoms with van der Waals surface area (Å²) in [4.78, 5) is 12.2. The zero-order valence-electron chi connectivity index (χ0n) is 14.1. The van der Waals surface area contributed by atoms with E-state index < -0.39 is 24.8 Å². The fraction of sp³-hybridized carbons (Fsp3) is 0.412. The molecule has 2 N–H and O–H groups in total. The van der Waals surface area contributed by atoms with Gasteiger partial charge in [-0.1, -0.05) is 0 Å². The molecule has 1 aromatic carbocycles. The molecule has 2 amide bonds. The molecule has 1 atom stereocenters. The molecule has 0 radical (unpaired) electrons. The molecule has 9 heteroatoms. The summed E-state index contributed by atoms with van der Waals surface area (Å²) in [6.45, 7) is -1.13. The third-order valence-corrected chi connectivity index (χ3v) is 4.13. The van der Waals surface area contributed by atoms with Crippen molar-refractivity contribution in [3.63, 3.8) is 0 Å². The average Bonchev–Trinajstić information content (AvgIpc) is 2.97. The van der Waals surface area contributed by atoms with Gasteiger partial charge in [0, 0.05) is 11.9 Å². The summed E-state index contributed by atoms with van der Waals surface area (Å²) in [7, 11) is 1.55. The van der Waals surface area contributed by atoms with Gasteiger partial charge in [0.05, 0.1) is 18.8 Å². The van der Waals surface area contributed by atoms with Crippen molar-refractivity contribution >= 4 is 11.7 Å². The van der Waals surface area contributed by atoms with E-state index in [2.05, 4.69) is 15.7 Å². The Morgan fingerprint density at radius 1 is 1.35 bits per heavy atom. The fourth-order valence-corrected chi connectivity index (χ4v) is 3.00. The van der Waals surface area contributed by atoms with Crippen molar-refractivity contribution in [2.24, 2.45) is 0 Å². The molecule has 1 unspecified atom stereocenters. The average molecular weight is 368 g/mol. The van der Waals surface area contributed by atoms with Crippen LogP contribution in [0.25, 0.3) is 0 Å². The lowest BCUT2D eigenvalue weighted by molar-refractivity contribution is -0.142. The van der Waals surface area contributed by atoms with E-state index in [1.165, 1.54) is 6.20 Å². The number of rotatable bonds is 4. The number of alkyl halides is 3. The Morgan fingerprint density at radius 3 is 2.73 bits per heavy atom. The second-order valence-corrected chi connectivity index (χ2v) is 6.12. The summed E-state index contributed by atoms with van der Waals surface area (Å²) in [6, 6.07) is 5.98. The molecule has 0 bridgehead atoms. The van der Waals surface area contributed by atoms with Crippen LogP contribution >= 0.6 is 0 Å². The maximum Gasteiger partial charge on any atom is 0.408 e. The van der Waals surface area contributed by atoms with Crippen LogP contribution in [0.5, 0.6) is 5.75 Å². The summed E-state index contributed by atoms with van der Waals surface area (Å²) in [5.74, 6) is 0.670. The molecule has 0 saturated carbocycles. The first-order valence-electron chi connectivity index (χ1n) is 8.18. The molecule has 0 saturated heterocycles. The van der Waals surface area contributed by atoms with Gasteiger partial charge in [-0.25, -0.2) is 4.79 Å². The van der Waals surface area contributed by atoms with E-state index in [-0.39, 0.29) is 0 Å². The minimum absolute atomic E-state index is 0.411. The number of methoxy groups -OCH3 is 1. The van der Waals surface area contributed by atoms with Crippen LogP contribution in [-0.2, 0) is 13.0 Å². The molecule has 2 aromatic rings. The molecule has 1 aromatic heterocycles. The SMILES string of the molecule is COc1ccc(NC(=O)NC2CCCc3cn(CC(F)(F)F)nc32)cc1. The predicted molar refractivity (Wildman–Crippen MR) is 89.1 cm³/mol. The number of aryl methyl sites for hydroxylation is 1. The van der Waals surface area contributed by atoms with E-state index in [1.54, 1.807) is 31.4 Å². The molecular formula is C17H19F3N4O2. The molecule has 140 valence electrons. The maximum atomic E-state index is 12.6. The minimum atomic E-state index is -4.33. The van der Waals surface area contributed by atoms with Crippen LogP contribution in [0.4, 0.5) is 23.7 Å². The summed E-state index contributed by atoms with van der Waals surface area (Å²) >= 11 is 0. The molecule has 26 heavy (non-hydrogen) atoms. The number of ether oxygens (including phenoxy) is 1. The number of hydrogen-bond acceptors (Lipinski definition) is 3. The number of carbonyl (C=O) groups is 1. The number of aromatic nitrogens is 2. The van der Waals surface area contributed by atoms with Crippen molar-refractivity contribution in [1.29, 1.82) is 0 Å². The molecule has 3 rings (SSSR count). The van der Waals surface area contributed by atoms with Crippen molar-refractivity contribution in [3.8, 4) is 5.75 Å². The number of halogens is 3. The zero-order chi connectivity index (χ0) is 18.7. The summed E-state index contributed by atoms with van der Waals surface area (Å²) in [5, 5.41) is 9.52. The van der Waals surface area contributed by atoms with Crippen molar-refractivity contribution < 1.29 is 22.7 Å². The highest BCUT2D eigenvalue weighted by Crippen LogP contribution is 2.29. The van der Waals surface area contributed by atoms with Crippen LogP contribution < -0.4 is 15.4 Å². The van der Waals surface area contributed by atoms with Crippen molar-refractivity contribution in [3.05, 3.63) is 41.7 Å². The first-order chi connectivity index (χ1) is 12.3. The van der Waals surface area contributed by atoms with Crippen LogP contribution in [-0.4, -0.2) is 29.1 Å². The van der Waals surface area contributed by atoms with Gasteiger partial charge in [-0.3, -0.25) is 4.68 Å². The molecule has 0 spiro atoms. The highest BCUT2D eigenvalue weighted by molar-refractivity contribution is 5.89. The molecule has 1 heterocycles. The second kappa shape index (κ2) is 7.27. The van der Waals surface area contributed by atoms with Gasteiger partial charge in [-0.15, -0.1) is 0 Å². The van der Waals surface area contributed by atoms with Crippen molar-refractivity contribution in [1.82, 2.24) is 15.1 Å². The second-order valence-electron chi connectivity index (χ2n) is 6.12. The van der Waals surface area contributed by atoms with E-state index in [0.717, 1.165) is 16.7 Å². The Labute approximate surface area is 148 Å². The number of hydrogen-bond donors (Lipinski definition) is 2. The molecular weight excluding hydrogens is 349 g/mol. The van der Waals surface area contributed by atoms with Gasteiger partial charge in [0.15, 0.2) is 0 Å². The van der Waals surface area contributed by atoms with Gasteiger partial charge in [0.1, 0.15) is 12.3 Å². The van der Waals surface area contributed by atoms with Crippen molar-refractivity contribution in [2.75, 3.05) is 12.4 Å². The molecule has 1 aliphatic rings. The Morgan fingerprint density at radius 2 is 2.08 bits per heavy atom. The van der Waals surface area contributed by atoms with Crippen LogP contribution in [0.2, 0.25) is 0 Å². The fourth-order valence-electron chi connectivity index (χ4n) is 3.00. The van der Waals surface area contributed by atoms with Gasteiger partial charge in [0.2, 0.25) is 0 Å². The van der Waals surface area contributed by atoms with Gasteiger partial charge in [0.25, 0.3) is 0 Å². The molecule has 0 aliphatic heterocycles. The Balaban J connectivity index is 1.66. The zero-order valence-corrected chi connectivity index (χ0v) is 14.1. The first-order valence-corrected chi connectivity index (χ1v) is 8.18. The molecule has 1 aliphatic carbocycles. The Hall–Kier alpha value is -2.71. The van der Waals surface area contributed by atoms with Crippen LogP contribution in [0.3, 0.4) is 0 Å². The number of nitrogens with one attached hydrogen (secondary N) is 2. The highest BCUT2D eigenvalue weighted by atomic mass is 19.4. The number of urea groups is 1. The number of amides is 2. The van der Waals surface area contributed by atoms with Crippen LogP contribution in [0.15, 0.2) is 30.5 Å². The van der Waals surface area contributed by atoms with E-state index in [0.29, 0.717) is 30.0 Å². The normalized spacial score (nSPS) is 16.7. The Bertz CT molecular complexity index is 771.